The number of sulfonamides is 1. The van der Waals surface area contributed by atoms with Gasteiger partial charge in [-0.25, -0.2) is 13.1 Å². The Kier molecular flexibility index (Phi) is 6.31. The number of carbonyl (C=O) groups is 2. The summed E-state index contributed by atoms with van der Waals surface area (Å²) in [6, 6.07) is 14.2. The second-order valence-corrected chi connectivity index (χ2v) is 10.3. The zero-order valence-electron chi connectivity index (χ0n) is 17.2. The van der Waals surface area contributed by atoms with Gasteiger partial charge in [0, 0.05) is 30.8 Å². The summed E-state index contributed by atoms with van der Waals surface area (Å²) in [6.45, 7) is 2.56. The standard InChI is InChI=1S/C21H21N5O4S2/c1-14-5-2-7-16(11-14)19(28)23-20-24-25-21(31-20)32(29,30)22-13-15-6-3-8-17(12-15)26-10-4-9-18(26)27/h2-3,5-8,11-12,22H,4,9-10,13H2,1H3,(H,23,24,28). The van der Waals surface area contributed by atoms with Gasteiger partial charge in [0.2, 0.25) is 15.4 Å². The van der Waals surface area contributed by atoms with Crippen LogP contribution in [0.5, 0.6) is 0 Å². The van der Waals surface area contributed by atoms with Crippen LogP contribution in [0.4, 0.5) is 10.8 Å². The Hall–Kier alpha value is -3.15. The first-order chi connectivity index (χ1) is 15.3. The Bertz CT molecular complexity index is 1270. The fraction of sp³-hybridized carbons (Fsp3) is 0.238. The third-order valence-corrected chi connectivity index (χ3v) is 7.51. The highest BCUT2D eigenvalue weighted by Gasteiger charge is 2.23. The number of hydrogen-bond acceptors (Lipinski definition) is 7. The lowest BCUT2D eigenvalue weighted by Gasteiger charge is -2.16. The molecule has 0 atom stereocenters. The number of anilines is 2. The van der Waals surface area contributed by atoms with E-state index in [1.165, 1.54) is 0 Å². The van der Waals surface area contributed by atoms with E-state index in [1.807, 2.05) is 19.1 Å². The molecule has 9 nitrogen and oxygen atoms in total. The predicted octanol–water partition coefficient (Wildman–Crippen LogP) is 2.70. The predicted molar refractivity (Wildman–Crippen MR) is 121 cm³/mol. The molecule has 2 N–H and O–H groups in total. The molecule has 11 heteroatoms. The second-order valence-electron chi connectivity index (χ2n) is 7.34. The van der Waals surface area contributed by atoms with Gasteiger partial charge in [0.15, 0.2) is 0 Å². The quantitative estimate of drug-likeness (QED) is 0.511. The van der Waals surface area contributed by atoms with Crippen LogP contribution in [0.1, 0.15) is 34.3 Å². The first-order valence-corrected chi connectivity index (χ1v) is 12.2. The molecular weight excluding hydrogens is 450 g/mol. The van der Waals surface area contributed by atoms with Gasteiger partial charge in [-0.1, -0.05) is 41.2 Å². The Morgan fingerprint density at radius 3 is 2.72 bits per heavy atom. The van der Waals surface area contributed by atoms with Crippen LogP contribution in [0.3, 0.4) is 0 Å². The molecule has 3 aromatic rings. The molecule has 2 heterocycles. The first-order valence-electron chi connectivity index (χ1n) is 9.92. The SMILES string of the molecule is Cc1cccc(C(=O)Nc2nnc(S(=O)(=O)NCc3cccc(N4CCCC4=O)c3)s2)c1. The molecule has 1 aliphatic rings. The number of carbonyl (C=O) groups excluding carboxylic acids is 2. The van der Waals surface area contributed by atoms with E-state index in [1.54, 1.807) is 41.3 Å². The van der Waals surface area contributed by atoms with Crippen LogP contribution in [0, 0.1) is 6.92 Å². The Morgan fingerprint density at radius 1 is 1.16 bits per heavy atom. The zero-order valence-corrected chi connectivity index (χ0v) is 18.9. The van der Waals surface area contributed by atoms with E-state index in [-0.39, 0.29) is 21.9 Å². The number of nitrogens with zero attached hydrogens (tertiary/aromatic N) is 3. The lowest BCUT2D eigenvalue weighted by molar-refractivity contribution is -0.117. The Morgan fingerprint density at radius 2 is 1.97 bits per heavy atom. The van der Waals surface area contributed by atoms with Crippen LogP contribution in [-0.2, 0) is 21.4 Å². The van der Waals surface area contributed by atoms with Gasteiger partial charge in [0.05, 0.1) is 0 Å². The Labute approximate surface area is 189 Å². The van der Waals surface area contributed by atoms with Crippen LogP contribution in [0.2, 0.25) is 0 Å². The monoisotopic (exact) mass is 471 g/mol. The third kappa shape index (κ3) is 5.01. The molecule has 0 unspecified atom stereocenters. The van der Waals surface area contributed by atoms with Crippen molar-refractivity contribution >= 4 is 44.0 Å². The normalized spacial score (nSPS) is 14.0. The minimum absolute atomic E-state index is 0.0305. The lowest BCUT2D eigenvalue weighted by atomic mass is 10.1. The summed E-state index contributed by atoms with van der Waals surface area (Å²) in [5, 5.41) is 10.1. The largest absolute Gasteiger partial charge is 0.312 e. The van der Waals surface area contributed by atoms with Crippen LogP contribution in [-0.4, -0.2) is 37.0 Å². The molecular formula is C21H21N5O4S2. The maximum atomic E-state index is 12.6. The van der Waals surface area contributed by atoms with E-state index in [2.05, 4.69) is 20.2 Å². The summed E-state index contributed by atoms with van der Waals surface area (Å²) < 4.78 is 27.5. The molecule has 1 saturated heterocycles. The van der Waals surface area contributed by atoms with Crippen molar-refractivity contribution in [2.24, 2.45) is 0 Å². The maximum absolute atomic E-state index is 12.6. The molecule has 0 spiro atoms. The van der Waals surface area contributed by atoms with Gasteiger partial charge in [-0.05, 0) is 43.2 Å². The number of hydrogen-bond donors (Lipinski definition) is 2. The highest BCUT2D eigenvalue weighted by molar-refractivity contribution is 7.91. The van der Waals surface area contributed by atoms with Gasteiger partial charge in [-0.3, -0.25) is 14.9 Å². The summed E-state index contributed by atoms with van der Waals surface area (Å²) in [6.07, 6.45) is 1.34. The van der Waals surface area contributed by atoms with Gasteiger partial charge < -0.3 is 4.90 Å². The van der Waals surface area contributed by atoms with Crippen molar-refractivity contribution in [3.05, 3.63) is 65.2 Å². The molecule has 4 rings (SSSR count). The maximum Gasteiger partial charge on any atom is 0.270 e. The van der Waals surface area contributed by atoms with Crippen LogP contribution >= 0.6 is 11.3 Å². The number of aryl methyl sites for hydroxylation is 1. The zero-order chi connectivity index (χ0) is 22.7. The molecule has 2 aromatic carbocycles. The average molecular weight is 472 g/mol. The van der Waals surface area contributed by atoms with Crippen molar-refractivity contribution in [1.82, 2.24) is 14.9 Å². The number of nitrogens with one attached hydrogen (secondary N) is 2. The molecule has 1 fully saturated rings. The molecule has 1 aromatic heterocycles. The molecule has 0 aliphatic carbocycles. The first kappa shape index (κ1) is 22.1. The molecule has 2 amide bonds. The number of benzene rings is 2. The van der Waals surface area contributed by atoms with E-state index in [0.717, 1.165) is 29.0 Å². The van der Waals surface area contributed by atoms with E-state index < -0.39 is 15.9 Å². The smallest absolute Gasteiger partial charge is 0.270 e. The van der Waals surface area contributed by atoms with Crippen molar-refractivity contribution in [3.63, 3.8) is 0 Å². The number of amides is 2. The van der Waals surface area contributed by atoms with Crippen molar-refractivity contribution < 1.29 is 18.0 Å². The molecule has 1 aliphatic heterocycles. The van der Waals surface area contributed by atoms with Gasteiger partial charge in [-0.15, -0.1) is 10.2 Å². The lowest BCUT2D eigenvalue weighted by Crippen LogP contribution is -2.25. The topological polar surface area (TPSA) is 121 Å². The summed E-state index contributed by atoms with van der Waals surface area (Å²) in [5.41, 5.74) is 2.84. The van der Waals surface area contributed by atoms with Crippen LogP contribution < -0.4 is 14.9 Å². The third-order valence-electron chi connectivity index (χ3n) is 4.90. The molecule has 166 valence electrons. The van der Waals surface area contributed by atoms with E-state index in [0.29, 0.717) is 24.1 Å². The fourth-order valence-electron chi connectivity index (χ4n) is 3.32. The van der Waals surface area contributed by atoms with Crippen molar-refractivity contribution in [3.8, 4) is 0 Å². The molecule has 0 bridgehead atoms. The summed E-state index contributed by atoms with van der Waals surface area (Å²) >= 11 is 0.768. The number of rotatable bonds is 7. The van der Waals surface area contributed by atoms with Crippen molar-refractivity contribution in [2.75, 3.05) is 16.8 Å². The average Bonchev–Trinajstić information content (AvgIpc) is 3.42. The summed E-state index contributed by atoms with van der Waals surface area (Å²) in [5.74, 6) is -0.327. The highest BCUT2D eigenvalue weighted by atomic mass is 32.2. The van der Waals surface area contributed by atoms with E-state index in [4.69, 9.17) is 0 Å². The fourth-order valence-corrected chi connectivity index (χ4v) is 5.27. The van der Waals surface area contributed by atoms with Gasteiger partial charge in [0.1, 0.15) is 0 Å². The summed E-state index contributed by atoms with van der Waals surface area (Å²) in [4.78, 5) is 26.0. The van der Waals surface area contributed by atoms with E-state index in [9.17, 15) is 18.0 Å². The van der Waals surface area contributed by atoms with Gasteiger partial charge in [0.25, 0.3) is 15.9 Å². The molecule has 0 radical (unpaired) electrons. The number of aromatic nitrogens is 2. The van der Waals surface area contributed by atoms with Crippen LogP contribution in [0.25, 0.3) is 0 Å². The minimum Gasteiger partial charge on any atom is -0.312 e. The van der Waals surface area contributed by atoms with Crippen molar-refractivity contribution in [1.29, 1.82) is 0 Å². The van der Waals surface area contributed by atoms with Gasteiger partial charge >= 0.3 is 0 Å². The van der Waals surface area contributed by atoms with Crippen LogP contribution in [0.15, 0.2) is 52.9 Å². The minimum atomic E-state index is -3.92. The van der Waals surface area contributed by atoms with Crippen molar-refractivity contribution in [2.45, 2.75) is 30.6 Å². The van der Waals surface area contributed by atoms with Gasteiger partial charge in [-0.2, -0.15) is 0 Å². The van der Waals surface area contributed by atoms with E-state index >= 15 is 0 Å². The summed E-state index contributed by atoms with van der Waals surface area (Å²) in [7, 11) is -3.92. The molecule has 0 saturated carbocycles. The highest BCUT2D eigenvalue weighted by Crippen LogP contribution is 2.23. The second kappa shape index (κ2) is 9.15. The Balaban J connectivity index is 1.41. The molecule has 32 heavy (non-hydrogen) atoms.